The van der Waals surface area contributed by atoms with Crippen molar-refractivity contribution < 1.29 is 19.1 Å². The Bertz CT molecular complexity index is 1180. The maximum Gasteiger partial charge on any atom is 0.220 e. The Morgan fingerprint density at radius 3 is 2.42 bits per heavy atom. The van der Waals surface area contributed by atoms with Gasteiger partial charge in [-0.25, -0.2) is 0 Å². The number of benzene rings is 2. The third kappa shape index (κ3) is 7.56. The first-order chi connectivity index (χ1) is 18.6. The molecule has 2 aliphatic rings. The number of aromatic nitrogens is 2. The van der Waals surface area contributed by atoms with Gasteiger partial charge in [-0.3, -0.25) is 9.59 Å². The molecule has 1 saturated carbocycles. The maximum absolute atomic E-state index is 12.9. The van der Waals surface area contributed by atoms with Crippen LogP contribution in [-0.4, -0.2) is 54.4 Å². The molecule has 1 unspecified atom stereocenters. The number of carbonyl (C=O) groups excluding carboxylic acids is 2. The molecule has 1 N–H and O–H groups in total. The Kier molecular flexibility index (Phi) is 9.28. The fraction of sp³-hybridized carbons (Fsp3) is 0.467. The molecule has 1 aromatic heterocycles. The Labute approximate surface area is 228 Å². The Morgan fingerprint density at radius 1 is 0.921 bits per heavy atom. The predicted molar refractivity (Wildman–Crippen MR) is 147 cm³/mol. The van der Waals surface area contributed by atoms with Gasteiger partial charge in [0.05, 0.1) is 32.3 Å². The van der Waals surface area contributed by atoms with Gasteiger partial charge in [-0.15, -0.1) is 21.5 Å². The Morgan fingerprint density at radius 2 is 1.68 bits per heavy atom. The number of nitrogens with zero attached hydrogens (tertiary/aromatic N) is 2. The maximum atomic E-state index is 12.9. The lowest BCUT2D eigenvalue weighted by Crippen LogP contribution is -2.40. The van der Waals surface area contributed by atoms with Gasteiger partial charge in [-0.1, -0.05) is 54.6 Å². The van der Waals surface area contributed by atoms with Gasteiger partial charge in [0.1, 0.15) is 10.0 Å². The van der Waals surface area contributed by atoms with Gasteiger partial charge in [-0.2, -0.15) is 0 Å². The number of ketones is 1. The second-order valence-corrected chi connectivity index (χ2v) is 11.4. The van der Waals surface area contributed by atoms with E-state index >= 15 is 0 Å². The second kappa shape index (κ2) is 13.2. The molecule has 8 heteroatoms. The van der Waals surface area contributed by atoms with E-state index in [-0.39, 0.29) is 24.2 Å². The summed E-state index contributed by atoms with van der Waals surface area (Å²) in [6.07, 6.45) is 5.78. The van der Waals surface area contributed by atoms with Gasteiger partial charge in [0.2, 0.25) is 5.91 Å². The molecule has 2 fully saturated rings. The van der Waals surface area contributed by atoms with Crippen molar-refractivity contribution in [1.29, 1.82) is 0 Å². The van der Waals surface area contributed by atoms with Gasteiger partial charge in [-0.05, 0) is 48.6 Å². The minimum Gasteiger partial charge on any atom is -0.376 e. The zero-order valence-corrected chi connectivity index (χ0v) is 22.5. The van der Waals surface area contributed by atoms with Gasteiger partial charge in [0.25, 0.3) is 0 Å². The highest BCUT2D eigenvalue weighted by Gasteiger charge is 2.25. The minimum absolute atomic E-state index is 0.0337. The normalized spacial score (nSPS) is 21.6. The lowest BCUT2D eigenvalue weighted by atomic mass is 9.77. The summed E-state index contributed by atoms with van der Waals surface area (Å²) in [6.45, 7) is 2.30. The van der Waals surface area contributed by atoms with Crippen LogP contribution >= 0.6 is 11.3 Å². The number of nitrogens with one attached hydrogen (secondary N) is 1. The summed E-state index contributed by atoms with van der Waals surface area (Å²) in [4.78, 5) is 25.2. The van der Waals surface area contributed by atoms with Crippen LogP contribution in [0.15, 0.2) is 54.6 Å². The number of hydrogen-bond acceptors (Lipinski definition) is 7. The van der Waals surface area contributed by atoms with Crippen molar-refractivity contribution >= 4 is 23.0 Å². The topological polar surface area (TPSA) is 90.4 Å². The van der Waals surface area contributed by atoms with Crippen molar-refractivity contribution in [2.24, 2.45) is 5.92 Å². The first-order valence-electron chi connectivity index (χ1n) is 13.6. The predicted octanol–water partition coefficient (Wildman–Crippen LogP) is 4.75. The summed E-state index contributed by atoms with van der Waals surface area (Å²) in [5.41, 5.74) is 3.18. The molecule has 38 heavy (non-hydrogen) atoms. The Hall–Kier alpha value is -2.94. The van der Waals surface area contributed by atoms with Crippen LogP contribution in [0.4, 0.5) is 0 Å². The molecule has 5 rings (SSSR count). The summed E-state index contributed by atoms with van der Waals surface area (Å²) in [5.74, 6) is 1.08. The lowest BCUT2D eigenvalue weighted by Gasteiger charge is -2.29. The van der Waals surface area contributed by atoms with Crippen LogP contribution in [-0.2, 0) is 27.1 Å². The standard InChI is InChI=1S/C30H35N3O4S/c34-27(18-30-33-32-29(38-30)17-21-4-2-1-3-5-21)25-12-10-24(11-13-25)23-8-6-22(7-9-23)16-28(35)31-19-26-20-36-14-15-37-26/h1-5,10-13,22-23,26H,6-9,14-20H2,(H,31,35). The summed E-state index contributed by atoms with van der Waals surface area (Å²) in [5, 5.41) is 13.2. The lowest BCUT2D eigenvalue weighted by molar-refractivity contribution is -0.125. The highest BCUT2D eigenvalue weighted by Crippen LogP contribution is 2.37. The number of hydrogen-bond donors (Lipinski definition) is 1. The molecule has 200 valence electrons. The molecule has 1 aliphatic carbocycles. The summed E-state index contributed by atoms with van der Waals surface area (Å²) in [7, 11) is 0. The fourth-order valence-electron chi connectivity index (χ4n) is 5.30. The van der Waals surface area contributed by atoms with Crippen LogP contribution in [0.3, 0.4) is 0 Å². The fourth-order valence-corrected chi connectivity index (χ4v) is 6.18. The van der Waals surface area contributed by atoms with Crippen LogP contribution in [0.5, 0.6) is 0 Å². The smallest absolute Gasteiger partial charge is 0.220 e. The molecule has 2 aromatic carbocycles. The van der Waals surface area contributed by atoms with Crippen LogP contribution in [0.25, 0.3) is 0 Å². The van der Waals surface area contributed by atoms with Gasteiger partial charge in [0, 0.05) is 24.9 Å². The first-order valence-corrected chi connectivity index (χ1v) is 14.4. The van der Waals surface area contributed by atoms with Crippen LogP contribution in [0.1, 0.15) is 69.5 Å². The first kappa shape index (κ1) is 26.7. The number of ether oxygens (including phenoxy) is 2. The third-order valence-corrected chi connectivity index (χ3v) is 8.38. The summed E-state index contributed by atoms with van der Waals surface area (Å²) < 4.78 is 11.0. The van der Waals surface area contributed by atoms with E-state index in [4.69, 9.17) is 9.47 Å². The van der Waals surface area contributed by atoms with E-state index in [9.17, 15) is 9.59 Å². The van der Waals surface area contributed by atoms with E-state index in [1.54, 1.807) is 0 Å². The van der Waals surface area contributed by atoms with E-state index in [2.05, 4.69) is 39.8 Å². The van der Waals surface area contributed by atoms with Gasteiger partial charge >= 0.3 is 0 Å². The highest BCUT2D eigenvalue weighted by molar-refractivity contribution is 7.11. The minimum atomic E-state index is -0.0337. The van der Waals surface area contributed by atoms with E-state index in [0.29, 0.717) is 50.2 Å². The average molecular weight is 534 g/mol. The van der Waals surface area contributed by atoms with Crippen molar-refractivity contribution in [2.75, 3.05) is 26.4 Å². The monoisotopic (exact) mass is 533 g/mol. The molecule has 1 atom stereocenters. The van der Waals surface area contributed by atoms with Crippen LogP contribution in [0.2, 0.25) is 0 Å². The molecule has 1 aliphatic heterocycles. The molecular weight excluding hydrogens is 498 g/mol. The molecule has 1 saturated heterocycles. The zero-order chi connectivity index (χ0) is 26.2. The van der Waals surface area contributed by atoms with E-state index in [1.165, 1.54) is 22.5 Å². The van der Waals surface area contributed by atoms with E-state index < -0.39 is 0 Å². The molecule has 0 radical (unpaired) electrons. The van der Waals surface area contributed by atoms with Crippen LogP contribution in [0, 0.1) is 5.92 Å². The molecule has 1 amide bonds. The molecule has 7 nitrogen and oxygen atoms in total. The van der Waals surface area contributed by atoms with Crippen molar-refractivity contribution in [1.82, 2.24) is 15.5 Å². The molecular formula is C30H35N3O4S. The van der Waals surface area contributed by atoms with E-state index in [1.807, 2.05) is 30.3 Å². The van der Waals surface area contributed by atoms with Crippen LogP contribution < -0.4 is 5.32 Å². The van der Waals surface area contributed by atoms with Crippen molar-refractivity contribution in [3.63, 3.8) is 0 Å². The van der Waals surface area contributed by atoms with Gasteiger partial charge in [0.15, 0.2) is 5.78 Å². The number of amides is 1. The summed E-state index contributed by atoms with van der Waals surface area (Å²) >= 11 is 1.51. The molecule has 0 bridgehead atoms. The van der Waals surface area contributed by atoms with Gasteiger partial charge < -0.3 is 14.8 Å². The average Bonchev–Trinajstić information content (AvgIpc) is 3.40. The number of Topliss-reactive ketones (excluding diaryl/α,β-unsaturated/α-hetero) is 1. The van der Waals surface area contributed by atoms with Crippen molar-refractivity contribution in [2.45, 2.75) is 57.0 Å². The summed E-state index contributed by atoms with van der Waals surface area (Å²) in [6, 6.07) is 18.2. The zero-order valence-electron chi connectivity index (χ0n) is 21.6. The van der Waals surface area contributed by atoms with Crippen molar-refractivity contribution in [3.8, 4) is 0 Å². The third-order valence-electron chi connectivity index (χ3n) is 7.46. The Balaban J connectivity index is 1.05. The van der Waals surface area contributed by atoms with Crippen molar-refractivity contribution in [3.05, 3.63) is 81.3 Å². The molecule has 2 heterocycles. The quantitative estimate of drug-likeness (QED) is 0.378. The SMILES string of the molecule is O=C(CC1CCC(c2ccc(C(=O)Cc3nnc(Cc4ccccc4)s3)cc2)CC1)NCC1COCCO1. The van der Waals surface area contributed by atoms with E-state index in [0.717, 1.165) is 42.1 Å². The molecule has 0 spiro atoms. The number of carbonyl (C=O) groups is 2. The molecule has 3 aromatic rings. The second-order valence-electron chi connectivity index (χ2n) is 10.3. The number of rotatable bonds is 10. The highest BCUT2D eigenvalue weighted by atomic mass is 32.1. The largest absolute Gasteiger partial charge is 0.376 e.